The van der Waals surface area contributed by atoms with Gasteiger partial charge in [0.25, 0.3) is 11.8 Å². The van der Waals surface area contributed by atoms with E-state index >= 15 is 0 Å². The summed E-state index contributed by atoms with van der Waals surface area (Å²) in [6.07, 6.45) is 5.66. The largest absolute Gasteiger partial charge is 0.497 e. The molecule has 6 heteroatoms. The molecule has 0 saturated heterocycles. The van der Waals surface area contributed by atoms with Crippen molar-refractivity contribution in [3.8, 4) is 5.75 Å². The van der Waals surface area contributed by atoms with Gasteiger partial charge in [-0.2, -0.15) is 0 Å². The summed E-state index contributed by atoms with van der Waals surface area (Å²) in [5.74, 6) is 0.302. The normalized spacial score (nSPS) is 12.8. The third-order valence-corrected chi connectivity index (χ3v) is 5.59. The van der Waals surface area contributed by atoms with E-state index in [1.54, 1.807) is 37.5 Å². The van der Waals surface area contributed by atoms with Crippen LogP contribution in [0.1, 0.15) is 44.0 Å². The van der Waals surface area contributed by atoms with E-state index in [2.05, 4.69) is 17.2 Å². The number of ether oxygens (including phenoxy) is 1. The third kappa shape index (κ3) is 3.80. The number of hydrogen-bond acceptors (Lipinski definition) is 4. The highest BCUT2D eigenvalue weighted by molar-refractivity contribution is 7.17. The van der Waals surface area contributed by atoms with Crippen molar-refractivity contribution in [3.63, 3.8) is 0 Å². The predicted octanol–water partition coefficient (Wildman–Crippen LogP) is 3.80. The van der Waals surface area contributed by atoms with Gasteiger partial charge >= 0.3 is 0 Å². The number of benzene rings is 1. The maximum atomic E-state index is 12.6. The number of nitrogens with one attached hydrogen (secondary N) is 2. The van der Waals surface area contributed by atoms with Crippen molar-refractivity contribution >= 4 is 28.2 Å². The van der Waals surface area contributed by atoms with Crippen LogP contribution in [0.2, 0.25) is 0 Å². The number of anilines is 1. The minimum absolute atomic E-state index is 0.158. The van der Waals surface area contributed by atoms with Crippen LogP contribution < -0.4 is 15.4 Å². The predicted molar refractivity (Wildman–Crippen MR) is 104 cm³/mol. The standard InChI is InChI=1S/C20H22N2O3S/c1-3-12-21-19(24)17-15-6-4-5-7-16(15)26-20(17)22-18(23)13-8-10-14(25-2)11-9-13/h3,8-11H,1,4-7,12H2,2H3,(H,21,24)(H,22,23). The summed E-state index contributed by atoms with van der Waals surface area (Å²) in [5.41, 5.74) is 2.20. The maximum absolute atomic E-state index is 12.6. The quantitative estimate of drug-likeness (QED) is 0.760. The van der Waals surface area contributed by atoms with Gasteiger partial charge in [0.2, 0.25) is 0 Å². The molecule has 0 bridgehead atoms. The second kappa shape index (κ2) is 8.19. The highest BCUT2D eigenvalue weighted by Gasteiger charge is 2.26. The van der Waals surface area contributed by atoms with Crippen LogP contribution in [-0.4, -0.2) is 25.5 Å². The number of methoxy groups -OCH3 is 1. The number of amides is 2. The molecule has 0 atom stereocenters. The molecule has 0 saturated carbocycles. The van der Waals surface area contributed by atoms with Gasteiger partial charge < -0.3 is 15.4 Å². The molecule has 0 radical (unpaired) electrons. The molecule has 0 aliphatic heterocycles. The van der Waals surface area contributed by atoms with E-state index < -0.39 is 0 Å². The van der Waals surface area contributed by atoms with Crippen LogP contribution in [0.5, 0.6) is 5.75 Å². The molecular weight excluding hydrogens is 348 g/mol. The van der Waals surface area contributed by atoms with Gasteiger partial charge in [-0.05, 0) is 55.5 Å². The first kappa shape index (κ1) is 18.2. The van der Waals surface area contributed by atoms with Crippen molar-refractivity contribution in [3.05, 3.63) is 58.5 Å². The monoisotopic (exact) mass is 370 g/mol. The fourth-order valence-electron chi connectivity index (χ4n) is 3.07. The Balaban J connectivity index is 1.88. The fourth-order valence-corrected chi connectivity index (χ4v) is 4.35. The first-order valence-corrected chi connectivity index (χ1v) is 9.44. The van der Waals surface area contributed by atoms with Crippen LogP contribution in [0.4, 0.5) is 5.00 Å². The van der Waals surface area contributed by atoms with Crippen LogP contribution in [0.25, 0.3) is 0 Å². The highest BCUT2D eigenvalue weighted by Crippen LogP contribution is 2.38. The van der Waals surface area contributed by atoms with Crippen LogP contribution in [-0.2, 0) is 12.8 Å². The van der Waals surface area contributed by atoms with E-state index in [1.807, 2.05) is 0 Å². The zero-order chi connectivity index (χ0) is 18.5. The SMILES string of the molecule is C=CCNC(=O)c1c(NC(=O)c2ccc(OC)cc2)sc2c1CCCC2. The van der Waals surface area contributed by atoms with E-state index in [0.717, 1.165) is 31.2 Å². The third-order valence-electron chi connectivity index (χ3n) is 4.38. The molecule has 0 unspecified atom stereocenters. The van der Waals surface area contributed by atoms with Crippen LogP contribution in [0.15, 0.2) is 36.9 Å². The topological polar surface area (TPSA) is 67.4 Å². The van der Waals surface area contributed by atoms with Crippen LogP contribution in [0.3, 0.4) is 0 Å². The van der Waals surface area contributed by atoms with Gasteiger partial charge in [0.05, 0.1) is 12.7 Å². The van der Waals surface area contributed by atoms with E-state index in [0.29, 0.717) is 28.4 Å². The van der Waals surface area contributed by atoms with Gasteiger partial charge in [0, 0.05) is 17.0 Å². The summed E-state index contributed by atoms with van der Waals surface area (Å²) in [5, 5.41) is 6.39. The van der Waals surface area contributed by atoms with Gasteiger partial charge in [-0.1, -0.05) is 6.08 Å². The van der Waals surface area contributed by atoms with E-state index in [4.69, 9.17) is 4.74 Å². The molecule has 2 amide bonds. The minimum Gasteiger partial charge on any atom is -0.497 e. The summed E-state index contributed by atoms with van der Waals surface area (Å²) in [4.78, 5) is 26.5. The lowest BCUT2D eigenvalue weighted by Crippen LogP contribution is -2.25. The van der Waals surface area contributed by atoms with Crippen molar-refractivity contribution in [2.75, 3.05) is 19.0 Å². The number of rotatable bonds is 6. The molecule has 1 aromatic heterocycles. The lowest BCUT2D eigenvalue weighted by Gasteiger charge is -2.13. The molecule has 2 aromatic rings. The Bertz CT molecular complexity index is 824. The molecule has 5 nitrogen and oxygen atoms in total. The number of hydrogen-bond donors (Lipinski definition) is 2. The molecule has 3 rings (SSSR count). The smallest absolute Gasteiger partial charge is 0.256 e. The number of aryl methyl sites for hydroxylation is 1. The van der Waals surface area contributed by atoms with Gasteiger partial charge in [-0.25, -0.2) is 0 Å². The molecule has 1 aliphatic rings. The first-order valence-electron chi connectivity index (χ1n) is 8.63. The van der Waals surface area contributed by atoms with E-state index in [9.17, 15) is 9.59 Å². The first-order chi connectivity index (χ1) is 12.6. The van der Waals surface area contributed by atoms with Gasteiger partial charge in [0.1, 0.15) is 10.8 Å². The minimum atomic E-state index is -0.232. The molecule has 2 N–H and O–H groups in total. The summed E-state index contributed by atoms with van der Waals surface area (Å²) in [7, 11) is 1.58. The molecule has 136 valence electrons. The lowest BCUT2D eigenvalue weighted by molar-refractivity contribution is 0.0958. The molecule has 1 aromatic carbocycles. The highest BCUT2D eigenvalue weighted by atomic mass is 32.1. The average Bonchev–Trinajstić information content (AvgIpc) is 3.04. The van der Waals surface area contributed by atoms with Crippen LogP contribution in [0, 0.1) is 0 Å². The Morgan fingerprint density at radius 1 is 1.19 bits per heavy atom. The van der Waals surface area contributed by atoms with Crippen LogP contribution >= 0.6 is 11.3 Å². The summed E-state index contributed by atoms with van der Waals surface area (Å²) >= 11 is 1.51. The Morgan fingerprint density at radius 2 is 1.92 bits per heavy atom. The summed E-state index contributed by atoms with van der Waals surface area (Å²) in [6.45, 7) is 4.03. The molecule has 1 heterocycles. The summed E-state index contributed by atoms with van der Waals surface area (Å²) < 4.78 is 5.12. The van der Waals surface area contributed by atoms with Gasteiger partial charge in [-0.15, -0.1) is 17.9 Å². The molecular formula is C20H22N2O3S. The van der Waals surface area contributed by atoms with Crippen molar-refractivity contribution < 1.29 is 14.3 Å². The molecule has 0 fully saturated rings. The van der Waals surface area contributed by atoms with Gasteiger partial charge in [0.15, 0.2) is 0 Å². The maximum Gasteiger partial charge on any atom is 0.256 e. The second-order valence-electron chi connectivity index (χ2n) is 6.10. The second-order valence-corrected chi connectivity index (χ2v) is 7.20. The number of carbonyl (C=O) groups excluding carboxylic acids is 2. The average molecular weight is 370 g/mol. The molecule has 0 spiro atoms. The van der Waals surface area contributed by atoms with Crippen molar-refractivity contribution in [2.24, 2.45) is 0 Å². The van der Waals surface area contributed by atoms with Crippen molar-refractivity contribution in [1.29, 1.82) is 0 Å². The zero-order valence-electron chi connectivity index (χ0n) is 14.8. The molecule has 26 heavy (non-hydrogen) atoms. The van der Waals surface area contributed by atoms with E-state index in [-0.39, 0.29) is 11.8 Å². The number of fused-ring (bicyclic) bond motifs is 1. The Kier molecular flexibility index (Phi) is 5.73. The Labute approximate surface area is 157 Å². The molecule has 1 aliphatic carbocycles. The summed E-state index contributed by atoms with van der Waals surface area (Å²) in [6, 6.07) is 6.90. The fraction of sp³-hybridized carbons (Fsp3) is 0.300. The van der Waals surface area contributed by atoms with Gasteiger partial charge in [-0.3, -0.25) is 9.59 Å². The lowest BCUT2D eigenvalue weighted by atomic mass is 9.95. The van der Waals surface area contributed by atoms with Crippen molar-refractivity contribution in [2.45, 2.75) is 25.7 Å². The Morgan fingerprint density at radius 3 is 2.62 bits per heavy atom. The number of thiophene rings is 1. The van der Waals surface area contributed by atoms with Crippen molar-refractivity contribution in [1.82, 2.24) is 5.32 Å². The van der Waals surface area contributed by atoms with E-state index in [1.165, 1.54) is 16.2 Å². The Hall–Kier alpha value is -2.60. The zero-order valence-corrected chi connectivity index (χ0v) is 15.6. The number of carbonyl (C=O) groups is 2.